The van der Waals surface area contributed by atoms with Crippen LogP contribution in [-0.4, -0.2) is 39.9 Å². The zero-order chi connectivity index (χ0) is 13.0. The Balaban J connectivity index is 1.92. The molecule has 2 heterocycles. The first-order chi connectivity index (χ1) is 8.66. The maximum Gasteiger partial charge on any atom is 0.244 e. The number of hydrogen-bond donors (Lipinski definition) is 1. The first-order valence-electron chi connectivity index (χ1n) is 6.19. The van der Waals surface area contributed by atoms with Crippen molar-refractivity contribution in [2.75, 3.05) is 18.4 Å². The third kappa shape index (κ3) is 3.41. The van der Waals surface area contributed by atoms with Crippen LogP contribution in [0.3, 0.4) is 0 Å². The molecule has 0 radical (unpaired) electrons. The number of nitrogens with zero attached hydrogens (tertiary/aromatic N) is 3. The molecule has 98 valence electrons. The summed E-state index contributed by atoms with van der Waals surface area (Å²) in [5.41, 5.74) is 0. The van der Waals surface area contributed by atoms with Gasteiger partial charge >= 0.3 is 0 Å². The molecule has 18 heavy (non-hydrogen) atoms. The zero-order valence-electron chi connectivity index (χ0n) is 10.4. The molecule has 0 saturated carbocycles. The van der Waals surface area contributed by atoms with Crippen molar-refractivity contribution in [1.82, 2.24) is 14.9 Å². The van der Waals surface area contributed by atoms with E-state index >= 15 is 0 Å². The van der Waals surface area contributed by atoms with Crippen molar-refractivity contribution in [2.24, 2.45) is 0 Å². The van der Waals surface area contributed by atoms with Crippen LogP contribution in [0.2, 0.25) is 0 Å². The number of amides is 1. The molecule has 6 heteroatoms. The molecular formula is C12H17BrN4O. The number of piperidine rings is 1. The topological polar surface area (TPSA) is 58.1 Å². The van der Waals surface area contributed by atoms with Crippen molar-refractivity contribution in [3.8, 4) is 0 Å². The van der Waals surface area contributed by atoms with E-state index in [0.717, 1.165) is 30.4 Å². The van der Waals surface area contributed by atoms with Gasteiger partial charge in [0, 0.05) is 25.5 Å². The predicted octanol–water partition coefficient (Wildman–Crippen LogP) is 2.05. The maximum atomic E-state index is 12.2. The largest absolute Gasteiger partial charge is 0.343 e. The van der Waals surface area contributed by atoms with E-state index in [2.05, 4.69) is 31.2 Å². The average molecular weight is 313 g/mol. The van der Waals surface area contributed by atoms with Crippen molar-refractivity contribution >= 4 is 27.8 Å². The van der Waals surface area contributed by atoms with Gasteiger partial charge in [0.05, 0.1) is 4.47 Å². The molecule has 0 aromatic carbocycles. The fraction of sp³-hybridized carbons (Fsp3) is 0.583. The third-order valence-corrected chi connectivity index (χ3v) is 3.41. The molecule has 0 spiro atoms. The number of carbonyl (C=O) groups excluding carboxylic acids is 1. The van der Waals surface area contributed by atoms with E-state index in [9.17, 15) is 4.79 Å². The van der Waals surface area contributed by atoms with Crippen LogP contribution in [0.1, 0.15) is 26.2 Å². The first kappa shape index (κ1) is 13.3. The minimum absolute atomic E-state index is 0.126. The van der Waals surface area contributed by atoms with Gasteiger partial charge in [-0.25, -0.2) is 9.97 Å². The molecule has 1 aromatic rings. The lowest BCUT2D eigenvalue weighted by Gasteiger charge is -2.29. The standard InChI is InChI=1S/C12H17BrN4O/c1-9(11(18)17-5-3-2-4-6-17)16-12-14-7-10(13)8-15-12/h7-9H,2-6H2,1H3,(H,14,15,16). The van der Waals surface area contributed by atoms with Crippen LogP contribution >= 0.6 is 15.9 Å². The van der Waals surface area contributed by atoms with Gasteiger partial charge in [-0.05, 0) is 42.1 Å². The summed E-state index contributed by atoms with van der Waals surface area (Å²) in [6.45, 7) is 3.58. The lowest BCUT2D eigenvalue weighted by atomic mass is 10.1. The fourth-order valence-corrected chi connectivity index (χ4v) is 2.24. The molecule has 1 aliphatic rings. The van der Waals surface area contributed by atoms with Gasteiger partial charge < -0.3 is 10.2 Å². The minimum Gasteiger partial charge on any atom is -0.343 e. The predicted molar refractivity (Wildman–Crippen MR) is 73.2 cm³/mol. The molecule has 1 amide bonds. The summed E-state index contributed by atoms with van der Waals surface area (Å²) in [6.07, 6.45) is 6.75. The second-order valence-electron chi connectivity index (χ2n) is 4.48. The molecule has 2 rings (SSSR count). The number of nitrogens with one attached hydrogen (secondary N) is 1. The number of aromatic nitrogens is 2. The van der Waals surface area contributed by atoms with Gasteiger partial charge in [0.15, 0.2) is 0 Å². The molecule has 1 saturated heterocycles. The molecule has 1 aromatic heterocycles. The number of hydrogen-bond acceptors (Lipinski definition) is 4. The fourth-order valence-electron chi connectivity index (χ4n) is 2.03. The maximum absolute atomic E-state index is 12.2. The third-order valence-electron chi connectivity index (χ3n) is 3.00. The quantitative estimate of drug-likeness (QED) is 0.928. The summed E-state index contributed by atoms with van der Waals surface area (Å²) in [5, 5.41) is 3.03. The van der Waals surface area contributed by atoms with E-state index in [4.69, 9.17) is 0 Å². The molecule has 1 unspecified atom stereocenters. The number of rotatable bonds is 3. The Bertz CT molecular complexity index is 403. The van der Waals surface area contributed by atoms with Gasteiger partial charge in [0.25, 0.3) is 0 Å². The van der Waals surface area contributed by atoms with E-state index in [1.807, 2.05) is 11.8 Å². The number of halogens is 1. The van der Waals surface area contributed by atoms with E-state index in [-0.39, 0.29) is 11.9 Å². The van der Waals surface area contributed by atoms with Gasteiger partial charge in [-0.2, -0.15) is 0 Å². The Labute approximate surface area is 115 Å². The Morgan fingerprint density at radius 1 is 1.33 bits per heavy atom. The lowest BCUT2D eigenvalue weighted by Crippen LogP contribution is -2.44. The minimum atomic E-state index is -0.288. The first-order valence-corrected chi connectivity index (χ1v) is 6.99. The van der Waals surface area contributed by atoms with Crippen LogP contribution in [0.4, 0.5) is 5.95 Å². The normalized spacial score (nSPS) is 17.3. The highest BCUT2D eigenvalue weighted by Gasteiger charge is 2.22. The average Bonchev–Trinajstić information content (AvgIpc) is 2.41. The highest BCUT2D eigenvalue weighted by molar-refractivity contribution is 9.10. The van der Waals surface area contributed by atoms with Crippen LogP contribution in [0.5, 0.6) is 0 Å². The van der Waals surface area contributed by atoms with E-state index < -0.39 is 0 Å². The van der Waals surface area contributed by atoms with Crippen molar-refractivity contribution in [2.45, 2.75) is 32.2 Å². The Kier molecular flexibility index (Phi) is 4.52. The number of likely N-dealkylation sites (tertiary alicyclic amines) is 1. The van der Waals surface area contributed by atoms with Crippen LogP contribution in [0.25, 0.3) is 0 Å². The van der Waals surface area contributed by atoms with Crippen LogP contribution in [-0.2, 0) is 4.79 Å². The van der Waals surface area contributed by atoms with Crippen molar-refractivity contribution in [3.05, 3.63) is 16.9 Å². The smallest absolute Gasteiger partial charge is 0.244 e. The van der Waals surface area contributed by atoms with Crippen molar-refractivity contribution in [3.63, 3.8) is 0 Å². The Hall–Kier alpha value is -1.17. The molecule has 1 N–H and O–H groups in total. The van der Waals surface area contributed by atoms with E-state index in [0.29, 0.717) is 5.95 Å². The van der Waals surface area contributed by atoms with E-state index in [1.165, 1.54) is 6.42 Å². The zero-order valence-corrected chi connectivity index (χ0v) is 12.0. The van der Waals surface area contributed by atoms with Gasteiger partial charge in [0.2, 0.25) is 11.9 Å². The summed E-state index contributed by atoms with van der Waals surface area (Å²) in [4.78, 5) is 22.3. The van der Waals surface area contributed by atoms with Gasteiger partial charge in [-0.15, -0.1) is 0 Å². The van der Waals surface area contributed by atoms with Crippen LogP contribution in [0.15, 0.2) is 16.9 Å². The summed E-state index contributed by atoms with van der Waals surface area (Å²) >= 11 is 3.28. The van der Waals surface area contributed by atoms with Gasteiger partial charge in [-0.1, -0.05) is 0 Å². The molecule has 5 nitrogen and oxygen atoms in total. The Morgan fingerprint density at radius 3 is 2.56 bits per heavy atom. The highest BCUT2D eigenvalue weighted by Crippen LogP contribution is 2.12. The highest BCUT2D eigenvalue weighted by atomic mass is 79.9. The van der Waals surface area contributed by atoms with Gasteiger partial charge in [-0.3, -0.25) is 4.79 Å². The monoisotopic (exact) mass is 312 g/mol. The van der Waals surface area contributed by atoms with Crippen LogP contribution in [0, 0.1) is 0 Å². The lowest BCUT2D eigenvalue weighted by molar-refractivity contribution is -0.132. The molecular weight excluding hydrogens is 296 g/mol. The van der Waals surface area contributed by atoms with E-state index in [1.54, 1.807) is 12.4 Å². The number of carbonyl (C=O) groups is 1. The van der Waals surface area contributed by atoms with Crippen molar-refractivity contribution in [1.29, 1.82) is 0 Å². The van der Waals surface area contributed by atoms with Crippen LogP contribution < -0.4 is 5.32 Å². The molecule has 0 aliphatic carbocycles. The SMILES string of the molecule is CC(Nc1ncc(Br)cn1)C(=O)N1CCCCC1. The molecule has 0 bridgehead atoms. The summed E-state index contributed by atoms with van der Waals surface area (Å²) in [7, 11) is 0. The summed E-state index contributed by atoms with van der Waals surface area (Å²) in [5.74, 6) is 0.609. The van der Waals surface area contributed by atoms with Gasteiger partial charge in [0.1, 0.15) is 6.04 Å². The molecule has 1 atom stereocenters. The molecule has 1 aliphatic heterocycles. The second-order valence-corrected chi connectivity index (χ2v) is 5.39. The second kappa shape index (κ2) is 6.13. The number of anilines is 1. The molecule has 1 fully saturated rings. The Morgan fingerprint density at radius 2 is 1.94 bits per heavy atom. The summed E-state index contributed by atoms with van der Waals surface area (Å²) in [6, 6.07) is -0.288. The van der Waals surface area contributed by atoms with Crippen molar-refractivity contribution < 1.29 is 4.79 Å². The summed E-state index contributed by atoms with van der Waals surface area (Å²) < 4.78 is 0.822.